The van der Waals surface area contributed by atoms with Crippen LogP contribution in [0.4, 0.5) is 5.82 Å². The predicted octanol–water partition coefficient (Wildman–Crippen LogP) is 1.99. The van der Waals surface area contributed by atoms with Crippen LogP contribution in [0.5, 0.6) is 0 Å². The summed E-state index contributed by atoms with van der Waals surface area (Å²) < 4.78 is 1.01. The van der Waals surface area contributed by atoms with Crippen molar-refractivity contribution in [1.82, 2.24) is 4.98 Å². The summed E-state index contributed by atoms with van der Waals surface area (Å²) in [6.45, 7) is 1.70. The molecule has 0 radical (unpaired) electrons. The fraction of sp³-hybridized carbons (Fsp3) is 0.500. The van der Waals surface area contributed by atoms with Crippen LogP contribution < -0.4 is 11.1 Å². The normalized spacial score (nSPS) is 17.9. The van der Waals surface area contributed by atoms with E-state index < -0.39 is 0 Å². The molecule has 1 fully saturated rings. The Morgan fingerprint density at radius 2 is 2.36 bits per heavy atom. The van der Waals surface area contributed by atoms with E-state index in [0.717, 1.165) is 23.4 Å². The third-order valence-corrected chi connectivity index (χ3v) is 3.42. The summed E-state index contributed by atoms with van der Waals surface area (Å²) in [7, 11) is 0. The van der Waals surface area contributed by atoms with Crippen LogP contribution in [-0.2, 0) is 0 Å². The molecule has 3 nitrogen and oxygen atoms in total. The van der Waals surface area contributed by atoms with Gasteiger partial charge in [-0.1, -0.05) is 0 Å². The molecule has 0 bridgehead atoms. The van der Waals surface area contributed by atoms with Crippen LogP contribution in [0.2, 0.25) is 0 Å². The molecule has 1 saturated carbocycles. The Bertz CT molecular complexity index is 323. The van der Waals surface area contributed by atoms with Crippen LogP contribution in [0.15, 0.2) is 22.8 Å². The summed E-state index contributed by atoms with van der Waals surface area (Å²) in [5.74, 6) is 0.909. The highest BCUT2D eigenvalue weighted by Crippen LogP contribution is 2.44. The minimum atomic E-state index is 0.344. The second-order valence-corrected chi connectivity index (χ2v) is 4.75. The molecule has 2 rings (SSSR count). The molecule has 0 atom stereocenters. The van der Waals surface area contributed by atoms with Gasteiger partial charge in [-0.3, -0.25) is 0 Å². The average Bonchev–Trinajstić information content (AvgIpc) is 2.98. The van der Waals surface area contributed by atoms with Crippen molar-refractivity contribution in [1.29, 1.82) is 0 Å². The number of nitrogens with two attached hydrogens (primary N) is 1. The highest BCUT2D eigenvalue weighted by molar-refractivity contribution is 9.10. The lowest BCUT2D eigenvalue weighted by atomic mass is 10.1. The summed E-state index contributed by atoms with van der Waals surface area (Å²) in [5, 5.41) is 3.33. The first kappa shape index (κ1) is 9.93. The quantitative estimate of drug-likeness (QED) is 0.866. The van der Waals surface area contributed by atoms with Crippen molar-refractivity contribution in [2.75, 3.05) is 18.4 Å². The largest absolute Gasteiger partial charge is 0.369 e. The number of anilines is 1. The second kappa shape index (κ2) is 3.87. The van der Waals surface area contributed by atoms with Gasteiger partial charge in [0, 0.05) is 12.7 Å². The minimum Gasteiger partial charge on any atom is -0.369 e. The first-order valence-corrected chi connectivity index (χ1v) is 5.60. The summed E-state index contributed by atoms with van der Waals surface area (Å²) >= 11 is 3.45. The Hall–Kier alpha value is -0.610. The van der Waals surface area contributed by atoms with E-state index in [1.54, 1.807) is 6.20 Å². The van der Waals surface area contributed by atoms with Gasteiger partial charge in [-0.2, -0.15) is 0 Å². The topological polar surface area (TPSA) is 50.9 Å². The van der Waals surface area contributed by atoms with Gasteiger partial charge in [0.15, 0.2) is 0 Å². The van der Waals surface area contributed by atoms with Crippen LogP contribution in [0, 0.1) is 5.41 Å². The molecule has 0 amide bonds. The standard InChI is InChI=1S/C10H14BrN3/c11-8-2-1-5-13-9(8)14-7-10(6-12)3-4-10/h1-2,5H,3-4,6-7,12H2,(H,13,14). The lowest BCUT2D eigenvalue weighted by Crippen LogP contribution is -2.24. The van der Waals surface area contributed by atoms with E-state index in [1.165, 1.54) is 12.8 Å². The second-order valence-electron chi connectivity index (χ2n) is 3.89. The fourth-order valence-electron chi connectivity index (χ4n) is 1.42. The lowest BCUT2D eigenvalue weighted by molar-refractivity contribution is 0.555. The number of pyridine rings is 1. The molecule has 3 N–H and O–H groups in total. The molecule has 0 spiro atoms. The van der Waals surface area contributed by atoms with E-state index >= 15 is 0 Å². The van der Waals surface area contributed by atoms with Crippen molar-refractivity contribution in [2.45, 2.75) is 12.8 Å². The van der Waals surface area contributed by atoms with Crippen molar-refractivity contribution in [3.63, 3.8) is 0 Å². The molecule has 0 saturated heterocycles. The van der Waals surface area contributed by atoms with Crippen LogP contribution in [0.1, 0.15) is 12.8 Å². The van der Waals surface area contributed by atoms with Crippen molar-refractivity contribution < 1.29 is 0 Å². The van der Waals surface area contributed by atoms with Crippen molar-refractivity contribution >= 4 is 21.7 Å². The number of rotatable bonds is 4. The van der Waals surface area contributed by atoms with Crippen molar-refractivity contribution in [2.24, 2.45) is 11.1 Å². The Labute approximate surface area is 92.2 Å². The molecule has 14 heavy (non-hydrogen) atoms. The number of hydrogen-bond donors (Lipinski definition) is 2. The van der Waals surface area contributed by atoms with Gasteiger partial charge in [0.1, 0.15) is 5.82 Å². The number of nitrogens with one attached hydrogen (secondary N) is 1. The zero-order valence-corrected chi connectivity index (χ0v) is 9.55. The molecule has 1 heterocycles. The van der Waals surface area contributed by atoms with Crippen LogP contribution in [0.3, 0.4) is 0 Å². The smallest absolute Gasteiger partial charge is 0.140 e. The maximum atomic E-state index is 5.70. The van der Waals surface area contributed by atoms with E-state index in [-0.39, 0.29) is 0 Å². The molecule has 4 heteroatoms. The van der Waals surface area contributed by atoms with Gasteiger partial charge in [0.25, 0.3) is 0 Å². The monoisotopic (exact) mass is 255 g/mol. The Morgan fingerprint density at radius 1 is 1.57 bits per heavy atom. The summed E-state index contributed by atoms with van der Waals surface area (Å²) in [6, 6.07) is 3.89. The number of nitrogens with zero attached hydrogens (tertiary/aromatic N) is 1. The van der Waals surface area contributed by atoms with Crippen LogP contribution >= 0.6 is 15.9 Å². The zero-order valence-electron chi connectivity index (χ0n) is 7.96. The molecular weight excluding hydrogens is 242 g/mol. The first-order valence-electron chi connectivity index (χ1n) is 4.80. The summed E-state index contributed by atoms with van der Waals surface area (Å²) in [4.78, 5) is 4.24. The highest BCUT2D eigenvalue weighted by atomic mass is 79.9. The van der Waals surface area contributed by atoms with E-state index in [4.69, 9.17) is 5.73 Å². The fourth-order valence-corrected chi connectivity index (χ4v) is 1.81. The third-order valence-electron chi connectivity index (χ3n) is 2.78. The Kier molecular flexibility index (Phi) is 2.74. The highest BCUT2D eigenvalue weighted by Gasteiger charge is 2.40. The van der Waals surface area contributed by atoms with E-state index in [2.05, 4.69) is 26.2 Å². The molecule has 1 aliphatic carbocycles. The zero-order chi connectivity index (χ0) is 10.0. The van der Waals surface area contributed by atoms with Gasteiger partial charge in [-0.15, -0.1) is 0 Å². The molecule has 1 aromatic heterocycles. The molecule has 1 aromatic rings. The first-order chi connectivity index (χ1) is 6.76. The third kappa shape index (κ3) is 2.07. The van der Waals surface area contributed by atoms with Gasteiger partial charge in [0.05, 0.1) is 4.47 Å². The van der Waals surface area contributed by atoms with E-state index in [9.17, 15) is 0 Å². The Balaban J connectivity index is 1.95. The summed E-state index contributed by atoms with van der Waals surface area (Å²) in [6.07, 6.45) is 4.26. The van der Waals surface area contributed by atoms with Gasteiger partial charge >= 0.3 is 0 Å². The van der Waals surface area contributed by atoms with Crippen LogP contribution in [0.25, 0.3) is 0 Å². The van der Waals surface area contributed by atoms with Crippen molar-refractivity contribution in [3.05, 3.63) is 22.8 Å². The number of halogens is 1. The number of hydrogen-bond acceptors (Lipinski definition) is 3. The Morgan fingerprint density at radius 3 is 2.93 bits per heavy atom. The van der Waals surface area contributed by atoms with Crippen molar-refractivity contribution in [3.8, 4) is 0 Å². The predicted molar refractivity (Wildman–Crippen MR) is 61.1 cm³/mol. The summed E-state index contributed by atoms with van der Waals surface area (Å²) in [5.41, 5.74) is 6.04. The van der Waals surface area contributed by atoms with Gasteiger partial charge < -0.3 is 11.1 Å². The lowest BCUT2D eigenvalue weighted by Gasteiger charge is -2.14. The van der Waals surface area contributed by atoms with Gasteiger partial charge in [0.2, 0.25) is 0 Å². The SMILES string of the molecule is NCC1(CNc2ncccc2Br)CC1. The number of aromatic nitrogens is 1. The minimum absolute atomic E-state index is 0.344. The van der Waals surface area contributed by atoms with E-state index in [1.807, 2.05) is 12.1 Å². The molecule has 1 aliphatic rings. The molecule has 76 valence electrons. The van der Waals surface area contributed by atoms with E-state index in [0.29, 0.717) is 5.41 Å². The molecule has 0 unspecified atom stereocenters. The molecule has 0 aliphatic heterocycles. The molecule has 0 aromatic carbocycles. The van der Waals surface area contributed by atoms with Gasteiger partial charge in [-0.25, -0.2) is 4.98 Å². The maximum Gasteiger partial charge on any atom is 0.140 e. The average molecular weight is 256 g/mol. The van der Waals surface area contributed by atoms with Gasteiger partial charge in [-0.05, 0) is 52.9 Å². The van der Waals surface area contributed by atoms with Crippen LogP contribution in [-0.4, -0.2) is 18.1 Å². The molecular formula is C10H14BrN3. The maximum absolute atomic E-state index is 5.70.